The van der Waals surface area contributed by atoms with Gasteiger partial charge in [-0.3, -0.25) is 0 Å². The van der Waals surface area contributed by atoms with E-state index >= 15 is 0 Å². The van der Waals surface area contributed by atoms with Crippen LogP contribution in [-0.4, -0.2) is 15.0 Å². The minimum atomic E-state index is -0.461. The third kappa shape index (κ3) is 5.08. The molecule has 2 aromatic heterocycles. The third-order valence-electron chi connectivity index (χ3n) is 12.9. The van der Waals surface area contributed by atoms with E-state index in [1.807, 2.05) is 29.5 Å². The van der Waals surface area contributed by atoms with Crippen molar-refractivity contribution in [1.82, 2.24) is 15.0 Å². The lowest BCUT2D eigenvalue weighted by Gasteiger charge is -2.32. The van der Waals surface area contributed by atoms with Gasteiger partial charge in [0.05, 0.1) is 5.41 Å². The molecule has 0 unspecified atom stereocenters. The van der Waals surface area contributed by atoms with Crippen molar-refractivity contribution >= 4 is 31.5 Å². The van der Waals surface area contributed by atoms with Gasteiger partial charge in [-0.15, -0.1) is 11.3 Å². The molecule has 4 heteroatoms. The van der Waals surface area contributed by atoms with E-state index in [1.54, 1.807) is 0 Å². The molecular formula is C58H35N3S. The topological polar surface area (TPSA) is 38.7 Å². The van der Waals surface area contributed by atoms with E-state index in [1.165, 1.54) is 75.8 Å². The van der Waals surface area contributed by atoms with Crippen molar-refractivity contribution in [3.8, 4) is 78.7 Å². The summed E-state index contributed by atoms with van der Waals surface area (Å²) in [6.45, 7) is 0. The fourth-order valence-electron chi connectivity index (χ4n) is 10.4. The first kappa shape index (κ1) is 35.0. The van der Waals surface area contributed by atoms with Gasteiger partial charge in [0.25, 0.3) is 0 Å². The molecule has 2 aliphatic rings. The Balaban J connectivity index is 0.985. The minimum Gasteiger partial charge on any atom is -0.208 e. The average molecular weight is 806 g/mol. The second kappa shape index (κ2) is 13.6. The van der Waals surface area contributed by atoms with Crippen LogP contribution < -0.4 is 0 Å². The van der Waals surface area contributed by atoms with E-state index < -0.39 is 5.41 Å². The Morgan fingerprint density at radius 2 is 0.726 bits per heavy atom. The van der Waals surface area contributed by atoms with Gasteiger partial charge in [-0.05, 0) is 85.0 Å². The van der Waals surface area contributed by atoms with Crippen LogP contribution in [0, 0.1) is 0 Å². The maximum atomic E-state index is 5.28. The van der Waals surface area contributed by atoms with E-state index in [0.717, 1.165) is 27.8 Å². The maximum absolute atomic E-state index is 5.28. The molecule has 0 saturated heterocycles. The number of fused-ring (bicyclic) bond motifs is 13. The van der Waals surface area contributed by atoms with Gasteiger partial charge in [-0.2, -0.15) is 0 Å². The Morgan fingerprint density at radius 1 is 0.306 bits per heavy atom. The van der Waals surface area contributed by atoms with Crippen molar-refractivity contribution in [2.75, 3.05) is 0 Å². The fourth-order valence-corrected chi connectivity index (χ4v) is 11.6. The normalized spacial score (nSPS) is 13.0. The molecule has 1 spiro atoms. The summed E-state index contributed by atoms with van der Waals surface area (Å²) in [4.78, 5) is 15.6. The second-order valence-electron chi connectivity index (χ2n) is 16.2. The highest BCUT2D eigenvalue weighted by atomic mass is 32.1. The minimum absolute atomic E-state index is 0.461. The number of hydrogen-bond donors (Lipinski definition) is 0. The van der Waals surface area contributed by atoms with Gasteiger partial charge in [0.1, 0.15) is 0 Å². The summed E-state index contributed by atoms with van der Waals surface area (Å²) >= 11 is 1.85. The number of rotatable bonds is 5. The van der Waals surface area contributed by atoms with Crippen LogP contribution in [0.4, 0.5) is 0 Å². The molecule has 2 aliphatic carbocycles. The molecule has 11 aromatic rings. The summed E-state index contributed by atoms with van der Waals surface area (Å²) in [7, 11) is 0. The van der Waals surface area contributed by atoms with Crippen molar-refractivity contribution in [2.24, 2.45) is 0 Å². The zero-order chi connectivity index (χ0) is 40.8. The Kier molecular flexibility index (Phi) is 7.69. The van der Waals surface area contributed by atoms with Crippen LogP contribution in [0.2, 0.25) is 0 Å². The van der Waals surface area contributed by atoms with Gasteiger partial charge < -0.3 is 0 Å². The number of aromatic nitrogens is 3. The Hall–Kier alpha value is -7.79. The van der Waals surface area contributed by atoms with Gasteiger partial charge in [0.2, 0.25) is 0 Å². The van der Waals surface area contributed by atoms with Crippen molar-refractivity contribution in [3.05, 3.63) is 235 Å². The quantitative estimate of drug-likeness (QED) is 0.174. The van der Waals surface area contributed by atoms with Crippen LogP contribution in [-0.2, 0) is 5.41 Å². The van der Waals surface area contributed by atoms with Crippen LogP contribution in [0.5, 0.6) is 0 Å². The monoisotopic (exact) mass is 805 g/mol. The average Bonchev–Trinajstić information content (AvgIpc) is 3.99. The standard InChI is InChI=1S/C58H35N3S/c1-2-16-36(17-3-1)55-59-56(61-57(60-55)40-21-13-19-38(35-40)42-27-15-29-48-46-25-7-11-33-52(46)62-54(42)48)39-20-12-18-37(34-39)41-26-14-28-47-45-24-6-10-32-51(45)58(53(41)47)49-30-8-4-22-43(49)44-23-5-9-31-50(44)58/h1-35H. The highest BCUT2D eigenvalue weighted by Gasteiger charge is 2.52. The molecule has 288 valence electrons. The summed E-state index contributed by atoms with van der Waals surface area (Å²) in [5.74, 6) is 1.91. The first-order valence-electron chi connectivity index (χ1n) is 21.1. The van der Waals surface area contributed by atoms with E-state index in [2.05, 4.69) is 194 Å². The molecule has 0 atom stereocenters. The molecule has 2 heterocycles. The summed E-state index contributed by atoms with van der Waals surface area (Å²) in [6, 6.07) is 76.7. The predicted octanol–water partition coefficient (Wildman–Crippen LogP) is 14.9. The molecule has 62 heavy (non-hydrogen) atoms. The molecule has 0 aliphatic heterocycles. The molecule has 0 saturated carbocycles. The highest BCUT2D eigenvalue weighted by Crippen LogP contribution is 2.64. The molecule has 9 aromatic carbocycles. The van der Waals surface area contributed by atoms with Crippen LogP contribution in [0.25, 0.3) is 98.8 Å². The van der Waals surface area contributed by atoms with Gasteiger partial charge in [-0.25, -0.2) is 15.0 Å². The third-order valence-corrected chi connectivity index (χ3v) is 14.2. The molecule has 0 radical (unpaired) electrons. The molecule has 0 N–H and O–H groups in total. The number of benzene rings is 9. The second-order valence-corrected chi connectivity index (χ2v) is 17.3. The lowest BCUT2D eigenvalue weighted by molar-refractivity contribution is 0.796. The van der Waals surface area contributed by atoms with Gasteiger partial charge in [0, 0.05) is 36.9 Å². The van der Waals surface area contributed by atoms with Crippen LogP contribution in [0.15, 0.2) is 212 Å². The number of thiophene rings is 1. The van der Waals surface area contributed by atoms with Crippen molar-refractivity contribution in [1.29, 1.82) is 0 Å². The van der Waals surface area contributed by atoms with Crippen molar-refractivity contribution in [3.63, 3.8) is 0 Å². The molecule has 0 fully saturated rings. The lowest BCUT2D eigenvalue weighted by atomic mass is 9.68. The molecular weight excluding hydrogens is 771 g/mol. The van der Waals surface area contributed by atoms with Crippen LogP contribution in [0.1, 0.15) is 22.3 Å². The largest absolute Gasteiger partial charge is 0.208 e. The first-order chi connectivity index (χ1) is 30.7. The molecule has 0 amide bonds. The van der Waals surface area contributed by atoms with Crippen LogP contribution in [0.3, 0.4) is 0 Å². The number of hydrogen-bond acceptors (Lipinski definition) is 4. The smallest absolute Gasteiger partial charge is 0.164 e. The summed E-state index contributed by atoms with van der Waals surface area (Å²) in [5, 5.41) is 2.57. The van der Waals surface area contributed by atoms with E-state index in [4.69, 9.17) is 15.0 Å². The Morgan fingerprint density at radius 3 is 1.39 bits per heavy atom. The van der Waals surface area contributed by atoms with Gasteiger partial charge in [0.15, 0.2) is 17.5 Å². The molecule has 3 nitrogen and oxygen atoms in total. The van der Waals surface area contributed by atoms with Gasteiger partial charge in [-0.1, -0.05) is 194 Å². The first-order valence-corrected chi connectivity index (χ1v) is 21.9. The van der Waals surface area contributed by atoms with Crippen molar-refractivity contribution in [2.45, 2.75) is 5.41 Å². The van der Waals surface area contributed by atoms with E-state index in [9.17, 15) is 0 Å². The summed E-state index contributed by atoms with van der Waals surface area (Å²) in [5.41, 5.74) is 17.5. The zero-order valence-corrected chi connectivity index (χ0v) is 34.3. The van der Waals surface area contributed by atoms with E-state index in [0.29, 0.717) is 17.5 Å². The summed E-state index contributed by atoms with van der Waals surface area (Å²) in [6.07, 6.45) is 0. The highest BCUT2D eigenvalue weighted by molar-refractivity contribution is 7.26. The lowest BCUT2D eigenvalue weighted by Crippen LogP contribution is -2.26. The zero-order valence-electron chi connectivity index (χ0n) is 33.5. The van der Waals surface area contributed by atoms with Crippen LogP contribution >= 0.6 is 11.3 Å². The predicted molar refractivity (Wildman–Crippen MR) is 256 cm³/mol. The summed E-state index contributed by atoms with van der Waals surface area (Å²) < 4.78 is 2.58. The Labute approximate surface area is 363 Å². The SMILES string of the molecule is c1ccc(-c2nc(-c3cccc(-c4cccc5c4C4(c6ccccc6-c6ccccc64)c4ccccc4-5)c3)nc(-c3cccc(-c4cccc5c4sc4ccccc45)c3)n2)cc1. The van der Waals surface area contributed by atoms with Gasteiger partial charge >= 0.3 is 0 Å². The number of nitrogens with zero attached hydrogens (tertiary/aromatic N) is 3. The van der Waals surface area contributed by atoms with Crippen molar-refractivity contribution < 1.29 is 0 Å². The molecule has 0 bridgehead atoms. The van der Waals surface area contributed by atoms with E-state index in [-0.39, 0.29) is 0 Å². The maximum Gasteiger partial charge on any atom is 0.164 e. The molecule has 13 rings (SSSR count). The Bertz CT molecular complexity index is 3540. The fraction of sp³-hybridized carbons (Fsp3) is 0.0172.